The van der Waals surface area contributed by atoms with Gasteiger partial charge in [-0.25, -0.2) is 0 Å². The lowest BCUT2D eigenvalue weighted by molar-refractivity contribution is 0.102. The maximum atomic E-state index is 12.4. The normalized spacial score (nSPS) is 13.4. The largest absolute Gasteiger partial charge is 0.385 e. The van der Waals surface area contributed by atoms with Gasteiger partial charge in [-0.05, 0) is 62.4 Å². The SMILES string of the molecule is N#Cc1cccc(NC(=O)c2cc(NCCC3=CCCCC3)ccn2)c1. The summed E-state index contributed by atoms with van der Waals surface area (Å²) < 4.78 is 0. The molecule has 0 radical (unpaired) electrons. The zero-order valence-electron chi connectivity index (χ0n) is 14.7. The Labute approximate surface area is 153 Å². The summed E-state index contributed by atoms with van der Waals surface area (Å²) in [5, 5.41) is 15.1. The van der Waals surface area contributed by atoms with Gasteiger partial charge in [0.05, 0.1) is 11.6 Å². The molecule has 0 saturated carbocycles. The lowest BCUT2D eigenvalue weighted by Gasteiger charge is -2.13. The van der Waals surface area contributed by atoms with Crippen molar-refractivity contribution in [3.63, 3.8) is 0 Å². The third-order valence-electron chi connectivity index (χ3n) is 4.40. The van der Waals surface area contributed by atoms with Gasteiger partial charge in [0.25, 0.3) is 5.91 Å². The summed E-state index contributed by atoms with van der Waals surface area (Å²) >= 11 is 0. The van der Waals surface area contributed by atoms with Gasteiger partial charge in [0.15, 0.2) is 0 Å². The predicted octanol–water partition coefficient (Wildman–Crippen LogP) is 4.51. The third kappa shape index (κ3) is 4.93. The Morgan fingerprint density at radius 1 is 1.19 bits per heavy atom. The highest BCUT2D eigenvalue weighted by atomic mass is 16.1. The van der Waals surface area contributed by atoms with Gasteiger partial charge in [-0.15, -0.1) is 0 Å². The fourth-order valence-electron chi connectivity index (χ4n) is 3.03. The second-order valence-electron chi connectivity index (χ2n) is 6.36. The van der Waals surface area contributed by atoms with Crippen LogP contribution in [0.2, 0.25) is 0 Å². The minimum Gasteiger partial charge on any atom is -0.385 e. The summed E-state index contributed by atoms with van der Waals surface area (Å²) in [7, 11) is 0. The number of rotatable bonds is 6. The quantitative estimate of drug-likeness (QED) is 0.755. The Morgan fingerprint density at radius 3 is 2.92 bits per heavy atom. The molecule has 1 aromatic carbocycles. The van der Waals surface area contributed by atoms with Crippen molar-refractivity contribution in [2.24, 2.45) is 0 Å². The maximum Gasteiger partial charge on any atom is 0.274 e. The van der Waals surface area contributed by atoms with E-state index < -0.39 is 0 Å². The van der Waals surface area contributed by atoms with Gasteiger partial charge in [-0.2, -0.15) is 5.26 Å². The Kier molecular flexibility index (Phi) is 6.00. The minimum atomic E-state index is -0.293. The standard InChI is InChI=1S/C21H22N4O/c22-15-17-7-4-8-19(13-17)25-21(26)20-14-18(10-12-24-20)23-11-9-16-5-2-1-3-6-16/h4-5,7-8,10,12-14H,1-3,6,9,11H2,(H,23,24)(H,25,26). The smallest absolute Gasteiger partial charge is 0.274 e. The zero-order chi connectivity index (χ0) is 18.2. The molecule has 1 aromatic heterocycles. The van der Waals surface area contributed by atoms with E-state index >= 15 is 0 Å². The van der Waals surface area contributed by atoms with E-state index in [1.54, 1.807) is 36.5 Å². The van der Waals surface area contributed by atoms with E-state index in [0.717, 1.165) is 18.7 Å². The number of nitrogens with one attached hydrogen (secondary N) is 2. The van der Waals surface area contributed by atoms with Crippen LogP contribution in [0.4, 0.5) is 11.4 Å². The second kappa shape index (κ2) is 8.82. The number of nitrogens with zero attached hydrogens (tertiary/aromatic N) is 2. The van der Waals surface area contributed by atoms with Gasteiger partial charge >= 0.3 is 0 Å². The molecule has 1 heterocycles. The van der Waals surface area contributed by atoms with E-state index in [1.807, 2.05) is 6.07 Å². The van der Waals surface area contributed by atoms with Crippen LogP contribution in [0.5, 0.6) is 0 Å². The van der Waals surface area contributed by atoms with Gasteiger partial charge in [-0.1, -0.05) is 17.7 Å². The van der Waals surface area contributed by atoms with Crippen molar-refractivity contribution in [3.05, 3.63) is 65.5 Å². The summed E-state index contributed by atoms with van der Waals surface area (Å²) in [6.45, 7) is 0.848. The molecule has 0 unspecified atom stereocenters. The first-order chi connectivity index (χ1) is 12.7. The van der Waals surface area contributed by atoms with Crippen LogP contribution in [0.25, 0.3) is 0 Å². The topological polar surface area (TPSA) is 77.8 Å². The Hall–Kier alpha value is -3.13. The van der Waals surface area contributed by atoms with E-state index in [4.69, 9.17) is 5.26 Å². The summed E-state index contributed by atoms with van der Waals surface area (Å²) in [5.41, 5.74) is 3.83. The molecule has 2 N–H and O–H groups in total. The maximum absolute atomic E-state index is 12.4. The number of benzene rings is 1. The first kappa shape index (κ1) is 17.7. The van der Waals surface area contributed by atoms with Gasteiger partial charge in [0, 0.05) is 24.1 Å². The van der Waals surface area contributed by atoms with Crippen molar-refractivity contribution in [2.75, 3.05) is 17.2 Å². The molecule has 5 heteroatoms. The number of nitriles is 1. The molecule has 26 heavy (non-hydrogen) atoms. The van der Waals surface area contributed by atoms with Crippen molar-refractivity contribution >= 4 is 17.3 Å². The van der Waals surface area contributed by atoms with Gasteiger partial charge in [0.1, 0.15) is 5.69 Å². The van der Waals surface area contributed by atoms with Crippen molar-refractivity contribution in [1.82, 2.24) is 4.98 Å². The summed E-state index contributed by atoms with van der Waals surface area (Å²) in [6, 6.07) is 12.5. The molecule has 3 rings (SSSR count). The highest BCUT2D eigenvalue weighted by Gasteiger charge is 2.09. The van der Waals surface area contributed by atoms with Crippen LogP contribution in [-0.4, -0.2) is 17.4 Å². The van der Waals surface area contributed by atoms with Crippen LogP contribution in [0.15, 0.2) is 54.2 Å². The molecule has 0 saturated heterocycles. The van der Waals surface area contributed by atoms with Crippen LogP contribution in [0.3, 0.4) is 0 Å². The number of hydrogen-bond acceptors (Lipinski definition) is 4. The van der Waals surface area contributed by atoms with Crippen LogP contribution < -0.4 is 10.6 Å². The summed E-state index contributed by atoms with van der Waals surface area (Å²) in [4.78, 5) is 16.5. The molecule has 5 nitrogen and oxygen atoms in total. The molecule has 1 aliphatic rings. The van der Waals surface area contributed by atoms with Crippen molar-refractivity contribution in [3.8, 4) is 6.07 Å². The lowest BCUT2D eigenvalue weighted by atomic mass is 9.97. The van der Waals surface area contributed by atoms with Crippen molar-refractivity contribution < 1.29 is 4.79 Å². The monoisotopic (exact) mass is 346 g/mol. The number of allylic oxidation sites excluding steroid dienone is 1. The average Bonchev–Trinajstić information content (AvgIpc) is 2.69. The number of amides is 1. The fraction of sp³-hybridized carbons (Fsp3) is 0.286. The van der Waals surface area contributed by atoms with Crippen molar-refractivity contribution in [2.45, 2.75) is 32.1 Å². The average molecular weight is 346 g/mol. The Bertz CT molecular complexity index is 851. The highest BCUT2D eigenvalue weighted by molar-refractivity contribution is 6.03. The molecule has 132 valence electrons. The molecule has 0 bridgehead atoms. The van der Waals surface area contributed by atoms with Gasteiger partial charge < -0.3 is 10.6 Å². The molecule has 0 aliphatic heterocycles. The van der Waals surface area contributed by atoms with Crippen LogP contribution in [0.1, 0.15) is 48.2 Å². The van der Waals surface area contributed by atoms with E-state index in [9.17, 15) is 4.79 Å². The van der Waals surface area contributed by atoms with Crippen LogP contribution >= 0.6 is 0 Å². The Morgan fingerprint density at radius 2 is 2.12 bits per heavy atom. The molecule has 0 fully saturated rings. The van der Waals surface area contributed by atoms with Crippen molar-refractivity contribution in [1.29, 1.82) is 5.26 Å². The van der Waals surface area contributed by atoms with Gasteiger partial charge in [-0.3, -0.25) is 9.78 Å². The molecule has 2 aromatic rings. The van der Waals surface area contributed by atoms with E-state index in [0.29, 0.717) is 16.9 Å². The number of hydrogen-bond donors (Lipinski definition) is 2. The van der Waals surface area contributed by atoms with Crippen LogP contribution in [-0.2, 0) is 0 Å². The number of carbonyl (C=O) groups excluding carboxylic acids is 1. The molecule has 1 aliphatic carbocycles. The number of aromatic nitrogens is 1. The second-order valence-corrected chi connectivity index (χ2v) is 6.36. The highest BCUT2D eigenvalue weighted by Crippen LogP contribution is 2.20. The first-order valence-electron chi connectivity index (χ1n) is 8.94. The molecular weight excluding hydrogens is 324 g/mol. The van der Waals surface area contributed by atoms with E-state index in [2.05, 4.69) is 27.8 Å². The van der Waals surface area contributed by atoms with Crippen LogP contribution in [0, 0.1) is 11.3 Å². The fourth-order valence-corrected chi connectivity index (χ4v) is 3.03. The molecule has 0 spiro atoms. The molecular formula is C21H22N4O. The van der Waals surface area contributed by atoms with E-state index in [1.165, 1.54) is 31.3 Å². The number of carbonyl (C=O) groups is 1. The number of pyridine rings is 1. The minimum absolute atomic E-state index is 0.293. The predicted molar refractivity (Wildman–Crippen MR) is 103 cm³/mol. The zero-order valence-corrected chi connectivity index (χ0v) is 14.7. The molecule has 1 amide bonds. The first-order valence-corrected chi connectivity index (χ1v) is 8.94. The summed E-state index contributed by atoms with van der Waals surface area (Å²) in [5.74, 6) is -0.293. The third-order valence-corrected chi connectivity index (χ3v) is 4.40. The Balaban J connectivity index is 1.58. The van der Waals surface area contributed by atoms with E-state index in [-0.39, 0.29) is 5.91 Å². The molecule has 0 atom stereocenters. The lowest BCUT2D eigenvalue weighted by Crippen LogP contribution is -2.14. The number of anilines is 2. The van der Waals surface area contributed by atoms with Gasteiger partial charge in [0.2, 0.25) is 0 Å². The summed E-state index contributed by atoms with van der Waals surface area (Å²) in [6.07, 6.45) is 10.0.